The highest BCUT2D eigenvalue weighted by atomic mass is 16.5. The molecule has 5 N–H and O–H groups in total. The fourth-order valence-electron chi connectivity index (χ4n) is 2.66. The van der Waals surface area contributed by atoms with Gasteiger partial charge in [0.25, 0.3) is 0 Å². The average Bonchev–Trinajstić information content (AvgIpc) is 2.44. The van der Waals surface area contributed by atoms with Gasteiger partial charge in [0, 0.05) is 24.5 Å². The summed E-state index contributed by atoms with van der Waals surface area (Å²) in [5.41, 5.74) is 7.07. The second-order valence-electron chi connectivity index (χ2n) is 7.92. The van der Waals surface area contributed by atoms with E-state index in [0.717, 1.165) is 16.9 Å². The minimum absolute atomic E-state index is 0.0567. The lowest BCUT2D eigenvalue weighted by molar-refractivity contribution is 0.00719. The molecule has 0 fully saturated rings. The fourth-order valence-corrected chi connectivity index (χ4v) is 2.66. The zero-order valence-corrected chi connectivity index (χ0v) is 14.6. The normalized spacial score (nSPS) is 24.0. The largest absolute Gasteiger partial charge is 0.490 e. The van der Waals surface area contributed by atoms with Crippen LogP contribution < -0.4 is 15.8 Å². The molecule has 0 aliphatic heterocycles. The number of fused-ring (bicyclic) bond motifs is 1. The van der Waals surface area contributed by atoms with E-state index in [-0.39, 0.29) is 18.2 Å². The molecule has 0 saturated heterocycles. The van der Waals surface area contributed by atoms with Crippen molar-refractivity contribution in [2.75, 3.05) is 13.2 Å². The van der Waals surface area contributed by atoms with Crippen LogP contribution in [0.25, 0.3) is 0 Å². The number of aliphatic hydroxyl groups excluding tert-OH is 1. The topological polar surface area (TPSA) is 87.7 Å². The summed E-state index contributed by atoms with van der Waals surface area (Å²) >= 11 is 0. The van der Waals surface area contributed by atoms with E-state index in [9.17, 15) is 10.2 Å². The van der Waals surface area contributed by atoms with Gasteiger partial charge >= 0.3 is 0 Å². The highest BCUT2D eigenvalue weighted by Gasteiger charge is 2.28. The zero-order chi connectivity index (χ0) is 17.3. The predicted octanol–water partition coefficient (Wildman–Crippen LogP) is 0.991. The molecule has 0 radical (unpaired) electrons. The Bertz CT molecular complexity index is 538. The predicted molar refractivity (Wildman–Crippen MR) is 91.7 cm³/mol. The lowest BCUT2D eigenvalue weighted by Crippen LogP contribution is -2.49. The lowest BCUT2D eigenvalue weighted by atomic mass is 9.86. The van der Waals surface area contributed by atoms with Crippen molar-refractivity contribution in [1.29, 1.82) is 0 Å². The molecule has 0 heterocycles. The van der Waals surface area contributed by atoms with Gasteiger partial charge in [-0.15, -0.1) is 0 Å². The maximum absolute atomic E-state index is 10.5. The quantitative estimate of drug-likeness (QED) is 0.649. The number of nitrogens with one attached hydrogen (secondary N) is 1. The lowest BCUT2D eigenvalue weighted by Gasteiger charge is -2.31. The molecule has 3 atom stereocenters. The molecule has 3 unspecified atom stereocenters. The maximum atomic E-state index is 10.5. The van der Waals surface area contributed by atoms with E-state index in [4.69, 9.17) is 10.5 Å². The van der Waals surface area contributed by atoms with Crippen LogP contribution in [0.2, 0.25) is 0 Å². The number of hydrogen-bond acceptors (Lipinski definition) is 5. The number of rotatable bonds is 5. The Balaban J connectivity index is 2.03. The molecule has 0 spiro atoms. The van der Waals surface area contributed by atoms with Crippen molar-refractivity contribution in [3.63, 3.8) is 0 Å². The van der Waals surface area contributed by atoms with Crippen molar-refractivity contribution in [1.82, 2.24) is 5.32 Å². The van der Waals surface area contributed by atoms with Crippen molar-refractivity contribution >= 4 is 0 Å². The summed E-state index contributed by atoms with van der Waals surface area (Å²) < 4.78 is 5.89. The number of aliphatic hydroxyl groups is 2. The van der Waals surface area contributed by atoms with E-state index >= 15 is 0 Å². The monoisotopic (exact) mass is 322 g/mol. The van der Waals surface area contributed by atoms with Gasteiger partial charge in [0.2, 0.25) is 0 Å². The summed E-state index contributed by atoms with van der Waals surface area (Å²) in [6, 6.07) is 5.54. The minimum Gasteiger partial charge on any atom is -0.490 e. The number of β-amino-alcohol motifs (C(OH)–C–C–N with tert-alkyl or cyclic N) is 1. The minimum atomic E-state index is -0.966. The molecule has 1 aromatic carbocycles. The van der Waals surface area contributed by atoms with Crippen molar-refractivity contribution in [2.24, 2.45) is 5.73 Å². The first-order valence-corrected chi connectivity index (χ1v) is 8.22. The highest BCUT2D eigenvalue weighted by molar-refractivity contribution is 5.43. The second kappa shape index (κ2) is 6.77. The van der Waals surface area contributed by atoms with Crippen LogP contribution in [0.1, 0.15) is 38.8 Å². The Morgan fingerprint density at radius 3 is 2.61 bits per heavy atom. The van der Waals surface area contributed by atoms with E-state index in [2.05, 4.69) is 26.1 Å². The van der Waals surface area contributed by atoms with Gasteiger partial charge in [0.1, 0.15) is 18.0 Å². The van der Waals surface area contributed by atoms with Gasteiger partial charge in [-0.1, -0.05) is 12.1 Å². The molecule has 0 saturated carbocycles. The third-order valence-corrected chi connectivity index (χ3v) is 4.13. The van der Waals surface area contributed by atoms with E-state index in [1.807, 2.05) is 18.2 Å². The first-order valence-electron chi connectivity index (χ1n) is 8.22. The van der Waals surface area contributed by atoms with E-state index in [0.29, 0.717) is 19.4 Å². The molecule has 2 rings (SSSR count). The van der Waals surface area contributed by atoms with Crippen LogP contribution >= 0.6 is 0 Å². The van der Waals surface area contributed by atoms with Crippen LogP contribution in [0.15, 0.2) is 18.2 Å². The fraction of sp³-hybridized carbons (Fsp3) is 0.667. The van der Waals surface area contributed by atoms with Crippen LogP contribution in [0.5, 0.6) is 5.75 Å². The van der Waals surface area contributed by atoms with Gasteiger partial charge in [0.05, 0.1) is 6.10 Å². The summed E-state index contributed by atoms with van der Waals surface area (Å²) in [5.74, 6) is 0.751. The number of hydrogen-bond donors (Lipinski definition) is 4. The van der Waals surface area contributed by atoms with Crippen LogP contribution in [-0.4, -0.2) is 46.7 Å². The van der Waals surface area contributed by atoms with Gasteiger partial charge in [-0.05, 0) is 51.3 Å². The van der Waals surface area contributed by atoms with Crippen molar-refractivity contribution < 1.29 is 14.9 Å². The summed E-state index contributed by atoms with van der Waals surface area (Å²) in [6.45, 7) is 8.59. The Labute approximate surface area is 138 Å². The summed E-state index contributed by atoms with van der Waals surface area (Å²) in [5, 5.41) is 23.7. The zero-order valence-electron chi connectivity index (χ0n) is 14.6. The molecular weight excluding hydrogens is 292 g/mol. The molecule has 23 heavy (non-hydrogen) atoms. The Kier molecular flexibility index (Phi) is 5.36. The third-order valence-electron chi connectivity index (χ3n) is 4.13. The molecule has 1 aliphatic rings. The third kappa shape index (κ3) is 5.18. The molecule has 0 aromatic heterocycles. The van der Waals surface area contributed by atoms with E-state index < -0.39 is 11.7 Å². The van der Waals surface area contributed by atoms with E-state index in [1.165, 1.54) is 0 Å². The molecule has 130 valence electrons. The van der Waals surface area contributed by atoms with E-state index in [1.54, 1.807) is 6.92 Å². The number of nitrogens with two attached hydrogens (primary N) is 1. The molecule has 0 amide bonds. The van der Waals surface area contributed by atoms with Crippen molar-refractivity contribution in [3.05, 3.63) is 29.3 Å². The summed E-state index contributed by atoms with van der Waals surface area (Å²) in [7, 11) is 0. The Morgan fingerprint density at radius 2 is 1.96 bits per heavy atom. The van der Waals surface area contributed by atoms with Crippen molar-refractivity contribution in [3.8, 4) is 5.75 Å². The van der Waals surface area contributed by atoms with Crippen LogP contribution in [0.3, 0.4) is 0 Å². The van der Waals surface area contributed by atoms with Gasteiger partial charge in [-0.3, -0.25) is 0 Å². The van der Waals surface area contributed by atoms with Gasteiger partial charge < -0.3 is 26.0 Å². The molecular formula is C18H30N2O3. The number of benzene rings is 1. The Morgan fingerprint density at radius 1 is 1.26 bits per heavy atom. The smallest absolute Gasteiger partial charge is 0.122 e. The Hall–Kier alpha value is -1.14. The van der Waals surface area contributed by atoms with Crippen molar-refractivity contribution in [2.45, 2.75) is 63.8 Å². The van der Waals surface area contributed by atoms with Crippen LogP contribution in [0.4, 0.5) is 0 Å². The molecule has 5 nitrogen and oxygen atoms in total. The van der Waals surface area contributed by atoms with Gasteiger partial charge in [0.15, 0.2) is 0 Å². The van der Waals surface area contributed by atoms with Crippen LogP contribution in [0, 0.1) is 0 Å². The molecule has 1 aromatic rings. The summed E-state index contributed by atoms with van der Waals surface area (Å²) in [4.78, 5) is 0. The van der Waals surface area contributed by atoms with Gasteiger partial charge in [-0.2, -0.15) is 0 Å². The maximum Gasteiger partial charge on any atom is 0.122 e. The first kappa shape index (κ1) is 18.2. The first-order chi connectivity index (χ1) is 10.6. The molecule has 0 bridgehead atoms. The van der Waals surface area contributed by atoms with Gasteiger partial charge in [-0.25, -0.2) is 0 Å². The standard InChI is InChI=1S/C18H30N2O3/c1-17(2,3)20-10-18(4,22)11-23-16-7-5-6-12-8-15(21)14(19)9-13(12)16/h5-7,14-15,20-22H,8-11,19H2,1-4H3. The highest BCUT2D eigenvalue weighted by Crippen LogP contribution is 2.30. The summed E-state index contributed by atoms with van der Waals surface area (Å²) in [6.07, 6.45) is 0.641. The van der Waals surface area contributed by atoms with Crippen LogP contribution in [-0.2, 0) is 12.8 Å². The SMILES string of the molecule is CC(O)(CNC(C)(C)C)COc1cccc2c1CC(N)C(O)C2. The molecule has 1 aliphatic carbocycles. The molecule has 5 heteroatoms. The average molecular weight is 322 g/mol. The number of ether oxygens (including phenoxy) is 1. The second-order valence-corrected chi connectivity index (χ2v) is 7.92.